The van der Waals surface area contributed by atoms with E-state index in [0.29, 0.717) is 54.0 Å². The first-order valence-corrected chi connectivity index (χ1v) is 12.3. The van der Waals surface area contributed by atoms with Gasteiger partial charge >= 0.3 is 0 Å². The van der Waals surface area contributed by atoms with Crippen molar-refractivity contribution in [1.82, 2.24) is 20.4 Å². The van der Waals surface area contributed by atoms with Gasteiger partial charge in [0, 0.05) is 43.4 Å². The molecule has 11 nitrogen and oxygen atoms in total. The third kappa shape index (κ3) is 5.54. The Morgan fingerprint density at radius 2 is 2.00 bits per heavy atom. The summed E-state index contributed by atoms with van der Waals surface area (Å²) in [5.74, 6) is 0.576. The first-order chi connectivity index (χ1) is 16.4. The van der Waals surface area contributed by atoms with Crippen LogP contribution in [0.4, 0.5) is 10.8 Å². The summed E-state index contributed by atoms with van der Waals surface area (Å²) in [6.07, 6.45) is 1.56. The van der Waals surface area contributed by atoms with Crippen molar-refractivity contribution in [3.05, 3.63) is 63.6 Å². The van der Waals surface area contributed by atoms with E-state index in [1.807, 2.05) is 4.90 Å². The van der Waals surface area contributed by atoms with Crippen molar-refractivity contribution in [3.63, 3.8) is 0 Å². The van der Waals surface area contributed by atoms with E-state index in [4.69, 9.17) is 4.42 Å². The van der Waals surface area contributed by atoms with Crippen molar-refractivity contribution >= 4 is 45.7 Å². The lowest BCUT2D eigenvalue weighted by Gasteiger charge is -2.34. The van der Waals surface area contributed by atoms with Crippen LogP contribution >= 0.6 is 23.1 Å². The number of amides is 2. The maximum absolute atomic E-state index is 12.9. The monoisotopic (exact) mass is 502 g/mol. The van der Waals surface area contributed by atoms with Gasteiger partial charge in [-0.15, -0.1) is 10.2 Å². The summed E-state index contributed by atoms with van der Waals surface area (Å²) in [7, 11) is 0. The maximum Gasteiger partial charge on any atom is 0.273 e. The number of thioether (sulfide) groups is 1. The Morgan fingerprint density at radius 3 is 2.71 bits per heavy atom. The average Bonchev–Trinajstić information content (AvgIpc) is 3.53. The highest BCUT2D eigenvalue weighted by Gasteiger charge is 2.27. The van der Waals surface area contributed by atoms with Gasteiger partial charge < -0.3 is 19.5 Å². The number of furan rings is 1. The molecule has 1 fully saturated rings. The summed E-state index contributed by atoms with van der Waals surface area (Å²) in [5, 5.41) is 23.1. The molecule has 1 saturated heterocycles. The third-order valence-corrected chi connectivity index (χ3v) is 7.45. The number of nitro groups is 1. The van der Waals surface area contributed by atoms with Crippen LogP contribution in [0.25, 0.3) is 0 Å². The fourth-order valence-corrected chi connectivity index (χ4v) is 5.21. The smallest absolute Gasteiger partial charge is 0.273 e. The van der Waals surface area contributed by atoms with Crippen molar-refractivity contribution < 1.29 is 18.9 Å². The minimum absolute atomic E-state index is 0.0574. The lowest BCUT2D eigenvalue weighted by Crippen LogP contribution is -2.49. The Bertz CT molecular complexity index is 1170. The fourth-order valence-electron chi connectivity index (χ4n) is 3.49. The van der Waals surface area contributed by atoms with Gasteiger partial charge in [-0.25, -0.2) is 0 Å². The molecule has 1 aromatic carbocycles. The zero-order valence-electron chi connectivity index (χ0n) is 18.3. The SMILES string of the molecule is Cc1c(C(=O)N2CCN(c3nnc(SCC(=O)NCc4ccco4)s3)CC2)cccc1[N+](=O)[O-]. The highest BCUT2D eigenvalue weighted by Crippen LogP contribution is 2.29. The van der Waals surface area contributed by atoms with E-state index >= 15 is 0 Å². The second kappa shape index (κ2) is 10.7. The summed E-state index contributed by atoms with van der Waals surface area (Å²) in [6, 6.07) is 8.12. The molecule has 0 saturated carbocycles. The number of piperazine rings is 1. The number of benzene rings is 1. The number of carbonyl (C=O) groups excluding carboxylic acids is 2. The maximum atomic E-state index is 12.9. The lowest BCUT2D eigenvalue weighted by molar-refractivity contribution is -0.385. The normalized spacial score (nSPS) is 13.7. The van der Waals surface area contributed by atoms with Crippen LogP contribution in [-0.2, 0) is 11.3 Å². The van der Waals surface area contributed by atoms with Crippen LogP contribution in [0.2, 0.25) is 0 Å². The molecule has 178 valence electrons. The minimum atomic E-state index is -0.474. The van der Waals surface area contributed by atoms with Crippen LogP contribution in [0.15, 0.2) is 45.4 Å². The molecule has 0 unspecified atom stereocenters. The Hall–Kier alpha value is -3.45. The molecule has 34 heavy (non-hydrogen) atoms. The molecule has 0 radical (unpaired) electrons. The summed E-state index contributed by atoms with van der Waals surface area (Å²) in [6.45, 7) is 4.02. The van der Waals surface area contributed by atoms with Crippen LogP contribution in [0.1, 0.15) is 21.7 Å². The van der Waals surface area contributed by atoms with Gasteiger partial charge in [-0.3, -0.25) is 19.7 Å². The van der Waals surface area contributed by atoms with E-state index < -0.39 is 4.92 Å². The van der Waals surface area contributed by atoms with Crippen LogP contribution in [0, 0.1) is 17.0 Å². The molecule has 0 atom stereocenters. The second-order valence-electron chi connectivity index (χ2n) is 7.48. The summed E-state index contributed by atoms with van der Waals surface area (Å²) in [5.41, 5.74) is 0.666. The van der Waals surface area contributed by atoms with Crippen LogP contribution in [-0.4, -0.2) is 63.8 Å². The minimum Gasteiger partial charge on any atom is -0.467 e. The molecule has 4 rings (SSSR count). The van der Waals surface area contributed by atoms with E-state index in [1.54, 1.807) is 36.3 Å². The average molecular weight is 503 g/mol. The molecule has 3 aromatic rings. The number of nitro benzene ring substituents is 1. The second-order valence-corrected chi connectivity index (χ2v) is 9.66. The van der Waals surface area contributed by atoms with E-state index in [1.165, 1.54) is 35.2 Å². The summed E-state index contributed by atoms with van der Waals surface area (Å²) < 4.78 is 5.87. The Balaban J connectivity index is 1.27. The number of hydrogen-bond donors (Lipinski definition) is 1. The third-order valence-electron chi connectivity index (χ3n) is 5.33. The quantitative estimate of drug-likeness (QED) is 0.280. The van der Waals surface area contributed by atoms with E-state index in [2.05, 4.69) is 15.5 Å². The molecule has 2 amide bonds. The molecule has 1 N–H and O–H groups in total. The Labute approximate surface area is 203 Å². The van der Waals surface area contributed by atoms with Crippen molar-refractivity contribution in [1.29, 1.82) is 0 Å². The van der Waals surface area contributed by atoms with Gasteiger partial charge in [-0.05, 0) is 25.1 Å². The van der Waals surface area contributed by atoms with Crippen molar-refractivity contribution in [2.45, 2.75) is 17.8 Å². The number of anilines is 1. The number of rotatable bonds is 8. The van der Waals surface area contributed by atoms with E-state index in [-0.39, 0.29) is 23.3 Å². The highest BCUT2D eigenvalue weighted by molar-refractivity contribution is 8.01. The standard InChI is InChI=1S/C21H22N6O5S2/c1-14-16(5-2-6-17(14)27(30)31)19(29)25-7-9-26(10-8-25)20-23-24-21(34-20)33-13-18(28)22-12-15-4-3-11-32-15/h2-6,11H,7-10,12-13H2,1H3,(H,22,28). The Morgan fingerprint density at radius 1 is 1.21 bits per heavy atom. The molecule has 3 heterocycles. The van der Waals surface area contributed by atoms with Gasteiger partial charge in [-0.1, -0.05) is 29.2 Å². The molecule has 2 aromatic heterocycles. The summed E-state index contributed by atoms with van der Waals surface area (Å²) in [4.78, 5) is 39.4. The first-order valence-electron chi connectivity index (χ1n) is 10.5. The molecular formula is C21H22N6O5S2. The molecule has 1 aliphatic heterocycles. The number of nitrogens with zero attached hydrogens (tertiary/aromatic N) is 5. The van der Waals surface area contributed by atoms with Crippen molar-refractivity contribution in [3.8, 4) is 0 Å². The lowest BCUT2D eigenvalue weighted by atomic mass is 10.1. The molecule has 13 heteroatoms. The molecule has 0 bridgehead atoms. The molecule has 1 aliphatic rings. The van der Waals surface area contributed by atoms with Gasteiger partial charge in [0.25, 0.3) is 11.6 Å². The van der Waals surface area contributed by atoms with Gasteiger partial charge in [0.15, 0.2) is 4.34 Å². The van der Waals surface area contributed by atoms with Crippen molar-refractivity contribution in [2.24, 2.45) is 0 Å². The molecule has 0 spiro atoms. The van der Waals surface area contributed by atoms with E-state index in [9.17, 15) is 19.7 Å². The van der Waals surface area contributed by atoms with Crippen molar-refractivity contribution in [2.75, 3.05) is 36.8 Å². The predicted octanol–water partition coefficient (Wildman–Crippen LogP) is 2.72. The van der Waals surface area contributed by atoms with E-state index in [0.717, 1.165) is 5.13 Å². The Kier molecular flexibility index (Phi) is 7.43. The predicted molar refractivity (Wildman–Crippen MR) is 127 cm³/mol. The number of carbonyl (C=O) groups is 2. The fraction of sp³-hybridized carbons (Fsp3) is 0.333. The van der Waals surface area contributed by atoms with Crippen LogP contribution < -0.4 is 10.2 Å². The van der Waals surface area contributed by atoms with Crippen LogP contribution in [0.3, 0.4) is 0 Å². The van der Waals surface area contributed by atoms with Crippen LogP contribution in [0.5, 0.6) is 0 Å². The highest BCUT2D eigenvalue weighted by atomic mass is 32.2. The zero-order valence-corrected chi connectivity index (χ0v) is 19.9. The first kappa shape index (κ1) is 23.7. The zero-order chi connectivity index (χ0) is 24.1. The van der Waals surface area contributed by atoms with Gasteiger partial charge in [0.1, 0.15) is 5.76 Å². The topological polar surface area (TPSA) is 135 Å². The van der Waals surface area contributed by atoms with Gasteiger partial charge in [-0.2, -0.15) is 0 Å². The summed E-state index contributed by atoms with van der Waals surface area (Å²) >= 11 is 2.72. The number of aromatic nitrogens is 2. The molecular weight excluding hydrogens is 480 g/mol. The van der Waals surface area contributed by atoms with Gasteiger partial charge in [0.2, 0.25) is 11.0 Å². The largest absolute Gasteiger partial charge is 0.467 e. The molecule has 0 aliphatic carbocycles. The van der Waals surface area contributed by atoms with Gasteiger partial charge in [0.05, 0.1) is 23.5 Å². The number of nitrogens with one attached hydrogen (secondary N) is 1. The number of hydrogen-bond acceptors (Lipinski definition) is 10.